The van der Waals surface area contributed by atoms with Crippen molar-refractivity contribution >= 4 is 29.1 Å². The first-order valence-electron chi connectivity index (χ1n) is 18.5. The van der Waals surface area contributed by atoms with Gasteiger partial charge in [-0.15, -0.1) is 0 Å². The molecule has 364 valence electrons. The number of ether oxygens (including phenoxy) is 3. The summed E-state index contributed by atoms with van der Waals surface area (Å²) in [5.41, 5.74) is -19.8. The lowest BCUT2D eigenvalue weighted by Gasteiger charge is -2.65. The number of carbonyl (C=O) groups excluding carboxylic acids is 5. The second-order valence-corrected chi connectivity index (χ2v) is 18.3. The van der Waals surface area contributed by atoms with Crippen molar-refractivity contribution in [2.24, 2.45) is 34.5 Å². The van der Waals surface area contributed by atoms with Gasteiger partial charge >= 0.3 is 23.9 Å². The first kappa shape index (κ1) is 50.6. The Bertz CT molecular complexity index is 2030. The molecule has 6 rings (SSSR count). The van der Waals surface area contributed by atoms with E-state index in [0.29, 0.717) is 0 Å². The molecule has 0 bridgehead atoms. The number of carbonyl (C=O) groups is 5. The van der Waals surface area contributed by atoms with E-state index < -0.39 is 177 Å². The fourth-order valence-corrected chi connectivity index (χ4v) is 11.6. The third-order valence-corrected chi connectivity index (χ3v) is 14.7. The molecule has 0 spiro atoms. The second kappa shape index (κ2) is 13.0. The summed E-state index contributed by atoms with van der Waals surface area (Å²) in [5, 5.41) is 246. The summed E-state index contributed by atoms with van der Waals surface area (Å²) < 4.78 is 14.6. The maximum atomic E-state index is 14.9. The lowest BCUT2D eigenvalue weighted by Crippen LogP contribution is -2.99. The monoisotopic (exact) mass is 938 g/mol. The third-order valence-electron chi connectivity index (χ3n) is 14.7. The van der Waals surface area contributed by atoms with Crippen LogP contribution in [0.1, 0.15) is 46.5 Å². The first-order chi connectivity index (χ1) is 28.1. The molecule has 31 heteroatoms. The van der Waals surface area contributed by atoms with Crippen LogP contribution in [0.3, 0.4) is 0 Å². The number of hydrogen-bond acceptors (Lipinski definition) is 31. The van der Waals surface area contributed by atoms with Crippen molar-refractivity contribution < 1.29 is 156 Å². The summed E-state index contributed by atoms with van der Waals surface area (Å²) in [7, 11) is 0. The lowest BCUT2D eigenvalue weighted by molar-refractivity contribution is -0.643. The normalized spacial score (nSPS) is 42.4. The summed E-state index contributed by atoms with van der Waals surface area (Å²) in [5.74, 6) is -69.1. The van der Waals surface area contributed by atoms with E-state index in [1.807, 2.05) is 0 Å². The number of Topliss-reactive ketones (excluding diaryl/α,β-unsaturated/α-hetero) is 4. The smallest absolute Gasteiger partial charge is 0.391 e. The Morgan fingerprint density at radius 2 is 1.19 bits per heavy atom. The maximum absolute atomic E-state index is 14.9. The molecule has 31 nitrogen and oxygen atoms in total. The van der Waals surface area contributed by atoms with Crippen LogP contribution in [0.5, 0.6) is 0 Å². The van der Waals surface area contributed by atoms with Gasteiger partial charge in [-0.2, -0.15) is 0 Å². The lowest BCUT2D eigenvalue weighted by atomic mass is 9.42. The van der Waals surface area contributed by atoms with Crippen molar-refractivity contribution in [1.29, 1.82) is 0 Å². The minimum absolute atomic E-state index is 0.0644. The molecule has 1 heterocycles. The fourth-order valence-electron chi connectivity index (χ4n) is 11.6. The molecule has 23 N–H and O–H groups in total. The van der Waals surface area contributed by atoms with Crippen molar-refractivity contribution in [3.05, 3.63) is 0 Å². The molecule has 1 aliphatic heterocycles. The molecule has 11 unspecified atom stereocenters. The SMILES string of the molecule is CC12CC(=O)C(=O)C(=O)C1C(O)(O)CC1C2C(O)CC2(C)C1CC1OC(O)(C3(O)C(O)(O)C(O)(O)C(O)(O)C(O)(O)C3(O)O)OC12C(=O)C(O)(O)OC(=O)C(O)(C(C)(O)O)C(O)(O)O. The van der Waals surface area contributed by atoms with Gasteiger partial charge in [0.05, 0.1) is 12.0 Å². The number of aliphatic hydroxyl groups is 23. The zero-order valence-electron chi connectivity index (χ0n) is 32.8. The van der Waals surface area contributed by atoms with Gasteiger partial charge in [0.25, 0.3) is 51.7 Å². The number of ketones is 4. The topological polar surface area (TPSA) is 578 Å². The van der Waals surface area contributed by atoms with Gasteiger partial charge < -0.3 is 132 Å². The van der Waals surface area contributed by atoms with Crippen LogP contribution < -0.4 is 0 Å². The van der Waals surface area contributed by atoms with E-state index in [1.54, 1.807) is 0 Å². The van der Waals surface area contributed by atoms with E-state index >= 15 is 0 Å². The highest BCUT2D eigenvalue weighted by Gasteiger charge is 2.98. The van der Waals surface area contributed by atoms with Crippen molar-refractivity contribution in [1.82, 2.24) is 0 Å². The van der Waals surface area contributed by atoms with Gasteiger partial charge in [-0.25, -0.2) is 4.79 Å². The minimum Gasteiger partial charge on any atom is -0.399 e. The average molecular weight is 939 g/mol. The Hall–Kier alpha value is -2.85. The van der Waals surface area contributed by atoms with Crippen LogP contribution in [-0.2, 0) is 38.2 Å². The summed E-state index contributed by atoms with van der Waals surface area (Å²) in [6, 6.07) is 0. The van der Waals surface area contributed by atoms with Gasteiger partial charge in [-0.05, 0) is 42.9 Å². The van der Waals surface area contributed by atoms with Gasteiger partial charge in [0, 0.05) is 18.3 Å². The van der Waals surface area contributed by atoms with Crippen LogP contribution in [0.2, 0.25) is 0 Å². The Kier molecular flexibility index (Phi) is 10.3. The summed E-state index contributed by atoms with van der Waals surface area (Å²) in [6.45, 7) is 1.74. The molecule has 64 heavy (non-hydrogen) atoms. The molecule has 6 fully saturated rings. The molecule has 6 aliphatic rings. The van der Waals surface area contributed by atoms with Gasteiger partial charge in [0.1, 0.15) is 6.10 Å². The van der Waals surface area contributed by atoms with Crippen molar-refractivity contribution in [3.63, 3.8) is 0 Å². The summed E-state index contributed by atoms with van der Waals surface area (Å²) >= 11 is 0. The van der Waals surface area contributed by atoms with Crippen LogP contribution in [0.4, 0.5) is 0 Å². The van der Waals surface area contributed by atoms with Gasteiger partial charge in [-0.3, -0.25) is 19.2 Å². The van der Waals surface area contributed by atoms with Gasteiger partial charge in [-0.1, -0.05) is 13.8 Å². The van der Waals surface area contributed by atoms with E-state index in [9.17, 15) is 141 Å². The molecule has 1 saturated heterocycles. The quantitative estimate of drug-likeness (QED) is 0.0640. The van der Waals surface area contributed by atoms with Crippen LogP contribution in [0, 0.1) is 34.5 Å². The highest BCUT2D eigenvalue weighted by atomic mass is 16.9. The average Bonchev–Trinajstić information content (AvgIpc) is 3.54. The van der Waals surface area contributed by atoms with Crippen LogP contribution >= 0.6 is 0 Å². The zero-order valence-corrected chi connectivity index (χ0v) is 32.8. The van der Waals surface area contributed by atoms with Crippen LogP contribution in [-0.4, -0.2) is 234 Å². The van der Waals surface area contributed by atoms with Crippen molar-refractivity contribution in [3.8, 4) is 0 Å². The predicted molar refractivity (Wildman–Crippen MR) is 177 cm³/mol. The molecule has 0 amide bonds. The molecule has 0 aromatic rings. The molecule has 0 aromatic heterocycles. The number of hydrogen-bond donors (Lipinski definition) is 23. The summed E-state index contributed by atoms with van der Waals surface area (Å²) in [4.78, 5) is 66.4. The van der Waals surface area contributed by atoms with E-state index in [1.165, 1.54) is 0 Å². The highest BCUT2D eigenvalue weighted by Crippen LogP contribution is 2.73. The molecular formula is C33H46O31. The third kappa shape index (κ3) is 5.31. The van der Waals surface area contributed by atoms with Crippen molar-refractivity contribution in [2.45, 2.75) is 134 Å². The molecule has 11 atom stereocenters. The van der Waals surface area contributed by atoms with Crippen molar-refractivity contribution in [2.75, 3.05) is 0 Å². The Labute approximate surface area is 353 Å². The standard InChI is InChI=1S/C33H46O31/c1-19-6-11(35)14(36)15(37)16(19)22(42,43)5-8-9-4-12-23(20(9,2)7-10(34)13(8)19,17(38)25(45,46)63-18(39)24(44,21(3,40)41)32(58,59)60)64-33(61,62-12)26(47)27(48,49)29(52,53)31(56,57)30(54,55)28(26,50)51/h8-10,12-13,16,34,40-61H,4-7H2,1-3H3. The molecule has 0 aromatic carbocycles. The Balaban J connectivity index is 1.59. The fraction of sp³-hybridized carbons (Fsp3) is 0.848. The van der Waals surface area contributed by atoms with E-state index in [-0.39, 0.29) is 6.92 Å². The number of esters is 1. The number of aliphatic hydroxyl groups excluding tert-OH is 1. The molecule has 5 aliphatic carbocycles. The molecule has 5 saturated carbocycles. The highest BCUT2D eigenvalue weighted by molar-refractivity contribution is 6.65. The number of rotatable bonds is 7. The summed E-state index contributed by atoms with van der Waals surface area (Å²) in [6.07, 6.45) is -9.65. The Morgan fingerprint density at radius 3 is 1.64 bits per heavy atom. The predicted octanol–water partition coefficient (Wildman–Crippen LogP) is -14.4. The molecule has 0 radical (unpaired) electrons. The van der Waals surface area contributed by atoms with E-state index in [0.717, 1.165) is 13.8 Å². The van der Waals surface area contributed by atoms with Crippen LogP contribution in [0.25, 0.3) is 0 Å². The van der Waals surface area contributed by atoms with E-state index in [4.69, 9.17) is 9.47 Å². The van der Waals surface area contributed by atoms with Crippen LogP contribution in [0.15, 0.2) is 0 Å². The second-order valence-electron chi connectivity index (χ2n) is 18.3. The Morgan fingerprint density at radius 1 is 0.719 bits per heavy atom. The van der Waals surface area contributed by atoms with E-state index in [2.05, 4.69) is 4.74 Å². The van der Waals surface area contributed by atoms with Gasteiger partial charge in [0.15, 0.2) is 11.4 Å². The zero-order chi connectivity index (χ0) is 49.8. The number of fused-ring (bicyclic) bond motifs is 7. The van der Waals surface area contributed by atoms with Gasteiger partial charge in [0.2, 0.25) is 17.4 Å². The largest absolute Gasteiger partial charge is 0.399 e. The minimum atomic E-state index is -5.75. The molecular weight excluding hydrogens is 892 g/mol. The maximum Gasteiger partial charge on any atom is 0.391 e. The first-order valence-corrected chi connectivity index (χ1v) is 18.5.